The van der Waals surface area contributed by atoms with E-state index in [1.165, 1.54) is 17.7 Å². The van der Waals surface area contributed by atoms with Crippen molar-refractivity contribution < 1.29 is 8.42 Å². The molecule has 0 spiro atoms. The summed E-state index contributed by atoms with van der Waals surface area (Å²) in [5.74, 6) is 0. The molecule has 3 aromatic rings. The first kappa shape index (κ1) is 16.1. The van der Waals surface area contributed by atoms with Gasteiger partial charge in [0, 0.05) is 42.1 Å². The Balaban J connectivity index is 1.70. The molecule has 0 amide bonds. The number of aryl methyl sites for hydroxylation is 2. The minimum atomic E-state index is -3.51. The summed E-state index contributed by atoms with van der Waals surface area (Å²) in [5, 5.41) is 4.76. The molecule has 4 nitrogen and oxygen atoms in total. The molecule has 2 atom stereocenters. The van der Waals surface area contributed by atoms with Gasteiger partial charge < -0.3 is 9.88 Å². The van der Waals surface area contributed by atoms with Crippen LogP contribution in [0.5, 0.6) is 0 Å². The van der Waals surface area contributed by atoms with Crippen molar-refractivity contribution in [2.45, 2.75) is 48.1 Å². The number of nitrogens with zero attached hydrogens (tertiary/aromatic N) is 1. The van der Waals surface area contributed by atoms with E-state index >= 15 is 0 Å². The summed E-state index contributed by atoms with van der Waals surface area (Å²) >= 11 is 0. The number of aromatic nitrogens is 1. The molecule has 2 aliphatic rings. The van der Waals surface area contributed by atoms with Crippen LogP contribution in [0.2, 0.25) is 0 Å². The summed E-state index contributed by atoms with van der Waals surface area (Å²) in [7, 11) is -1.41. The van der Waals surface area contributed by atoms with E-state index < -0.39 is 9.84 Å². The van der Waals surface area contributed by atoms with Gasteiger partial charge in [-0.2, -0.15) is 0 Å². The summed E-state index contributed by atoms with van der Waals surface area (Å²) in [6.07, 6.45) is 3.35. The maximum absolute atomic E-state index is 13.1. The first-order valence-corrected chi connectivity index (χ1v) is 10.6. The van der Waals surface area contributed by atoms with Crippen molar-refractivity contribution >= 4 is 20.7 Å². The standard InChI is InChI=1S/C21H22N2O2S/c1-13-3-6-15(7-4-13)26(24,25)16-8-10-19-17(12-16)21-18-9-5-14(22-18)11-20(21)23(19)2/h3-4,6-8,10,12,14,18,22H,5,9,11H2,1-2H3. The molecule has 0 radical (unpaired) electrons. The zero-order valence-corrected chi connectivity index (χ0v) is 15.8. The van der Waals surface area contributed by atoms with Gasteiger partial charge >= 0.3 is 0 Å². The lowest BCUT2D eigenvalue weighted by Crippen LogP contribution is -2.32. The molecule has 2 aromatic carbocycles. The van der Waals surface area contributed by atoms with E-state index in [2.05, 4.69) is 16.9 Å². The molecule has 26 heavy (non-hydrogen) atoms. The van der Waals surface area contributed by atoms with E-state index in [1.807, 2.05) is 31.2 Å². The van der Waals surface area contributed by atoms with E-state index in [0.29, 0.717) is 21.9 Å². The zero-order chi connectivity index (χ0) is 18.1. The molecular weight excluding hydrogens is 344 g/mol. The molecule has 5 heteroatoms. The Hall–Kier alpha value is -2.11. The smallest absolute Gasteiger partial charge is 0.206 e. The lowest BCUT2D eigenvalue weighted by Gasteiger charge is -2.23. The second kappa shape index (κ2) is 5.44. The van der Waals surface area contributed by atoms with E-state index in [1.54, 1.807) is 18.2 Å². The fourth-order valence-electron chi connectivity index (χ4n) is 4.60. The molecule has 3 heterocycles. The van der Waals surface area contributed by atoms with Gasteiger partial charge in [0.2, 0.25) is 9.84 Å². The van der Waals surface area contributed by atoms with E-state index in [9.17, 15) is 8.42 Å². The third kappa shape index (κ3) is 2.20. The number of hydrogen-bond acceptors (Lipinski definition) is 3. The van der Waals surface area contributed by atoms with Gasteiger partial charge in [0.15, 0.2) is 0 Å². The Kier molecular flexibility index (Phi) is 3.37. The molecule has 1 fully saturated rings. The highest BCUT2D eigenvalue weighted by Gasteiger charge is 2.36. The Bertz CT molecular complexity index is 1130. The molecule has 0 aliphatic carbocycles. The van der Waals surface area contributed by atoms with Crippen LogP contribution in [-0.4, -0.2) is 19.0 Å². The molecule has 2 bridgehead atoms. The minimum absolute atomic E-state index is 0.352. The minimum Gasteiger partial charge on any atom is -0.347 e. The van der Waals surface area contributed by atoms with Crippen molar-refractivity contribution in [1.82, 2.24) is 9.88 Å². The molecule has 0 saturated carbocycles. The number of nitrogens with one attached hydrogen (secondary N) is 1. The van der Waals surface area contributed by atoms with Gasteiger partial charge in [-0.1, -0.05) is 17.7 Å². The van der Waals surface area contributed by atoms with Crippen molar-refractivity contribution in [1.29, 1.82) is 0 Å². The topological polar surface area (TPSA) is 51.1 Å². The maximum atomic E-state index is 13.1. The van der Waals surface area contributed by atoms with Crippen LogP contribution in [0.4, 0.5) is 0 Å². The van der Waals surface area contributed by atoms with Gasteiger partial charge in [0.05, 0.1) is 9.79 Å². The molecule has 1 N–H and O–H groups in total. The van der Waals surface area contributed by atoms with Crippen LogP contribution >= 0.6 is 0 Å². The number of fused-ring (bicyclic) bond motifs is 6. The van der Waals surface area contributed by atoms with E-state index in [-0.39, 0.29) is 0 Å². The first-order chi connectivity index (χ1) is 12.4. The third-order valence-electron chi connectivity index (χ3n) is 6.01. The zero-order valence-electron chi connectivity index (χ0n) is 15.0. The average Bonchev–Trinajstić information content (AvgIpc) is 3.14. The highest BCUT2D eigenvalue weighted by Crippen LogP contribution is 2.42. The van der Waals surface area contributed by atoms with Crippen LogP contribution in [0.3, 0.4) is 0 Å². The molecule has 1 aromatic heterocycles. The summed E-state index contributed by atoms with van der Waals surface area (Å²) in [6, 6.07) is 13.6. The first-order valence-electron chi connectivity index (χ1n) is 9.14. The van der Waals surface area contributed by atoms with Crippen molar-refractivity contribution in [2.75, 3.05) is 0 Å². The fraction of sp³-hybridized carbons (Fsp3) is 0.333. The largest absolute Gasteiger partial charge is 0.347 e. The normalized spacial score (nSPS) is 21.9. The van der Waals surface area contributed by atoms with Crippen LogP contribution in [0.1, 0.15) is 35.7 Å². The SMILES string of the molecule is Cc1ccc(S(=O)(=O)c2ccc3c(c2)c2c(n3C)CC3CCC2N3)cc1. The van der Waals surface area contributed by atoms with Gasteiger partial charge in [-0.3, -0.25) is 0 Å². The number of hydrogen-bond donors (Lipinski definition) is 1. The Morgan fingerprint density at radius 1 is 1.04 bits per heavy atom. The van der Waals surface area contributed by atoms with Gasteiger partial charge in [0.25, 0.3) is 0 Å². The lowest BCUT2D eigenvalue weighted by molar-refractivity contribution is 0.503. The fourth-order valence-corrected chi connectivity index (χ4v) is 5.89. The summed E-state index contributed by atoms with van der Waals surface area (Å²) in [5.41, 5.74) is 4.83. The van der Waals surface area contributed by atoms with Crippen LogP contribution in [0.25, 0.3) is 10.9 Å². The highest BCUT2D eigenvalue weighted by molar-refractivity contribution is 7.91. The second-order valence-corrected chi connectivity index (χ2v) is 9.56. The Labute approximate surface area is 153 Å². The molecule has 134 valence electrons. The maximum Gasteiger partial charge on any atom is 0.206 e. The highest BCUT2D eigenvalue weighted by atomic mass is 32.2. The predicted molar refractivity (Wildman–Crippen MR) is 102 cm³/mol. The van der Waals surface area contributed by atoms with E-state index in [4.69, 9.17) is 0 Å². The van der Waals surface area contributed by atoms with Crippen molar-refractivity contribution in [2.24, 2.45) is 7.05 Å². The Morgan fingerprint density at radius 2 is 1.77 bits per heavy atom. The average molecular weight is 366 g/mol. The van der Waals surface area contributed by atoms with Crippen molar-refractivity contribution in [3.63, 3.8) is 0 Å². The third-order valence-corrected chi connectivity index (χ3v) is 7.77. The van der Waals surface area contributed by atoms with Crippen LogP contribution in [0, 0.1) is 6.92 Å². The number of rotatable bonds is 2. The van der Waals surface area contributed by atoms with Gasteiger partial charge in [-0.05, 0) is 55.7 Å². The summed E-state index contributed by atoms with van der Waals surface area (Å²) in [4.78, 5) is 0.730. The van der Waals surface area contributed by atoms with E-state index in [0.717, 1.165) is 29.3 Å². The summed E-state index contributed by atoms with van der Waals surface area (Å²) in [6.45, 7) is 1.96. The summed E-state index contributed by atoms with van der Waals surface area (Å²) < 4.78 is 28.5. The molecular formula is C21H22N2O2S. The van der Waals surface area contributed by atoms with Gasteiger partial charge in [0.1, 0.15) is 0 Å². The number of sulfone groups is 1. The lowest BCUT2D eigenvalue weighted by atomic mass is 9.99. The van der Waals surface area contributed by atoms with Crippen LogP contribution < -0.4 is 5.32 Å². The number of benzene rings is 2. The van der Waals surface area contributed by atoms with Gasteiger partial charge in [-0.15, -0.1) is 0 Å². The second-order valence-electron chi connectivity index (χ2n) is 7.61. The molecule has 1 saturated heterocycles. The molecule has 5 rings (SSSR count). The molecule has 2 aliphatic heterocycles. The monoisotopic (exact) mass is 366 g/mol. The van der Waals surface area contributed by atoms with Crippen molar-refractivity contribution in [3.8, 4) is 0 Å². The molecule has 2 unspecified atom stereocenters. The quantitative estimate of drug-likeness (QED) is 0.753. The van der Waals surface area contributed by atoms with Crippen LogP contribution in [-0.2, 0) is 23.3 Å². The van der Waals surface area contributed by atoms with Crippen molar-refractivity contribution in [3.05, 3.63) is 59.3 Å². The van der Waals surface area contributed by atoms with Crippen LogP contribution in [0.15, 0.2) is 52.3 Å². The Morgan fingerprint density at radius 3 is 2.54 bits per heavy atom. The van der Waals surface area contributed by atoms with Gasteiger partial charge in [-0.25, -0.2) is 8.42 Å². The predicted octanol–water partition coefficient (Wildman–Crippen LogP) is 3.67.